The zero-order valence-electron chi connectivity index (χ0n) is 11.5. The average molecular weight is 249 g/mol. The van der Waals surface area contributed by atoms with Gasteiger partial charge >= 0.3 is 0 Å². The van der Waals surface area contributed by atoms with E-state index >= 15 is 0 Å². The van der Waals surface area contributed by atoms with E-state index in [1.54, 1.807) is 0 Å². The first-order valence-electron chi connectivity index (χ1n) is 6.37. The number of nitrogens with two attached hydrogens (primary N) is 1. The molecule has 0 aliphatic heterocycles. The van der Waals surface area contributed by atoms with Gasteiger partial charge in [0, 0.05) is 30.9 Å². The number of benzene rings is 1. The highest BCUT2D eigenvalue weighted by molar-refractivity contribution is 6.00. The van der Waals surface area contributed by atoms with Crippen molar-refractivity contribution in [3.05, 3.63) is 29.3 Å². The maximum absolute atomic E-state index is 7.65. The molecule has 1 aromatic rings. The van der Waals surface area contributed by atoms with Gasteiger partial charge in [0.15, 0.2) is 0 Å². The molecule has 0 aliphatic carbocycles. The first kappa shape index (κ1) is 14.5. The molecule has 0 saturated carbocycles. The summed E-state index contributed by atoms with van der Waals surface area (Å²) < 4.78 is 5.39. The van der Waals surface area contributed by atoms with Gasteiger partial charge in [0.25, 0.3) is 0 Å². The maximum atomic E-state index is 7.65. The highest BCUT2D eigenvalue weighted by Crippen LogP contribution is 2.21. The number of ether oxygens (including phenoxy) is 1. The zero-order chi connectivity index (χ0) is 13.5. The minimum atomic E-state index is 0.111. The molecule has 4 heteroatoms. The number of nitrogen functional groups attached to an aromatic ring is 1. The number of hydrogen-bond acceptors (Lipinski definition) is 3. The third-order valence-electron chi connectivity index (χ3n) is 2.88. The van der Waals surface area contributed by atoms with Crippen molar-refractivity contribution < 1.29 is 4.74 Å². The summed E-state index contributed by atoms with van der Waals surface area (Å²) in [5.74, 6) is 0.111. The van der Waals surface area contributed by atoms with Gasteiger partial charge in [-0.1, -0.05) is 6.07 Å². The number of likely N-dealkylation sites (N-methyl/N-ethyl adjacent to an activating group) is 1. The van der Waals surface area contributed by atoms with Crippen molar-refractivity contribution in [2.75, 3.05) is 31.2 Å². The second kappa shape index (κ2) is 7.01. The quantitative estimate of drug-likeness (QED) is 0.442. The fourth-order valence-corrected chi connectivity index (χ4v) is 1.90. The lowest BCUT2D eigenvalue weighted by Crippen LogP contribution is -2.29. The minimum absolute atomic E-state index is 0.111. The number of anilines is 1. The molecule has 0 spiro atoms. The molecule has 18 heavy (non-hydrogen) atoms. The monoisotopic (exact) mass is 249 g/mol. The summed E-state index contributed by atoms with van der Waals surface area (Å²) in [6.07, 6.45) is 0. The fourth-order valence-electron chi connectivity index (χ4n) is 1.90. The number of hydrogen-bond donors (Lipinski definition) is 2. The summed E-state index contributed by atoms with van der Waals surface area (Å²) in [6, 6.07) is 5.97. The Hall–Kier alpha value is -1.55. The molecule has 0 heterocycles. The van der Waals surface area contributed by atoms with Crippen LogP contribution in [0.15, 0.2) is 18.2 Å². The van der Waals surface area contributed by atoms with Crippen LogP contribution in [0, 0.1) is 12.3 Å². The third kappa shape index (κ3) is 3.74. The van der Waals surface area contributed by atoms with Crippen molar-refractivity contribution in [2.45, 2.75) is 20.8 Å². The smallest absolute Gasteiger partial charge is 0.124 e. The topological polar surface area (TPSA) is 62.3 Å². The molecule has 0 unspecified atom stereocenters. The number of amidine groups is 1. The van der Waals surface area contributed by atoms with Crippen LogP contribution in [0.25, 0.3) is 0 Å². The second-order valence-electron chi connectivity index (χ2n) is 4.21. The Balaban J connectivity index is 2.95. The Bertz CT molecular complexity index is 404. The van der Waals surface area contributed by atoms with Crippen molar-refractivity contribution in [3.63, 3.8) is 0 Å². The Labute approximate surface area is 109 Å². The summed E-state index contributed by atoms with van der Waals surface area (Å²) in [5, 5.41) is 7.65. The van der Waals surface area contributed by atoms with E-state index in [0.29, 0.717) is 6.61 Å². The van der Waals surface area contributed by atoms with Crippen LogP contribution in [0.1, 0.15) is 25.0 Å². The molecular formula is C14H23N3O. The van der Waals surface area contributed by atoms with Crippen molar-refractivity contribution in [1.29, 1.82) is 5.41 Å². The fraction of sp³-hybridized carbons (Fsp3) is 0.500. The summed E-state index contributed by atoms with van der Waals surface area (Å²) in [6.45, 7) is 9.23. The standard InChI is InChI=1S/C14H23N3O/c1-4-17(8-9-18-5-2)13-10-11(3)6-7-12(13)14(15)16/h6-7,10H,4-5,8-9H2,1-3H3,(H3,15,16). The SMILES string of the molecule is CCOCCN(CC)c1cc(C)ccc1C(=N)N. The minimum Gasteiger partial charge on any atom is -0.384 e. The third-order valence-corrected chi connectivity index (χ3v) is 2.88. The van der Waals surface area contributed by atoms with Crippen molar-refractivity contribution >= 4 is 11.5 Å². The van der Waals surface area contributed by atoms with Gasteiger partial charge in [0.2, 0.25) is 0 Å². The van der Waals surface area contributed by atoms with E-state index in [4.69, 9.17) is 15.9 Å². The summed E-state index contributed by atoms with van der Waals surface area (Å²) in [5.41, 5.74) is 8.62. The molecular weight excluding hydrogens is 226 g/mol. The van der Waals surface area contributed by atoms with Crippen molar-refractivity contribution in [2.24, 2.45) is 5.73 Å². The second-order valence-corrected chi connectivity index (χ2v) is 4.21. The predicted molar refractivity (Wildman–Crippen MR) is 76.6 cm³/mol. The van der Waals surface area contributed by atoms with E-state index in [1.165, 1.54) is 5.56 Å². The van der Waals surface area contributed by atoms with Crippen LogP contribution in [0.3, 0.4) is 0 Å². The van der Waals surface area contributed by atoms with Crippen LogP contribution in [0.2, 0.25) is 0 Å². The van der Waals surface area contributed by atoms with Gasteiger partial charge in [0.1, 0.15) is 5.84 Å². The van der Waals surface area contributed by atoms with E-state index in [2.05, 4.69) is 17.9 Å². The predicted octanol–water partition coefficient (Wildman–Crippen LogP) is 2.14. The van der Waals surface area contributed by atoms with E-state index < -0.39 is 0 Å². The van der Waals surface area contributed by atoms with E-state index in [1.807, 2.05) is 26.0 Å². The summed E-state index contributed by atoms with van der Waals surface area (Å²) >= 11 is 0. The lowest BCUT2D eigenvalue weighted by atomic mass is 10.1. The van der Waals surface area contributed by atoms with Gasteiger partial charge in [-0.2, -0.15) is 0 Å². The molecule has 0 radical (unpaired) electrons. The number of aryl methyl sites for hydroxylation is 1. The van der Waals surface area contributed by atoms with Gasteiger partial charge < -0.3 is 15.4 Å². The number of nitrogens with one attached hydrogen (secondary N) is 1. The highest BCUT2D eigenvalue weighted by Gasteiger charge is 2.11. The van der Waals surface area contributed by atoms with Crippen LogP contribution in [0.4, 0.5) is 5.69 Å². The molecule has 4 nitrogen and oxygen atoms in total. The molecule has 0 aromatic heterocycles. The maximum Gasteiger partial charge on any atom is 0.124 e. The summed E-state index contributed by atoms with van der Waals surface area (Å²) in [7, 11) is 0. The first-order chi connectivity index (χ1) is 8.60. The van der Waals surface area contributed by atoms with Crippen LogP contribution < -0.4 is 10.6 Å². The highest BCUT2D eigenvalue weighted by atomic mass is 16.5. The molecule has 3 N–H and O–H groups in total. The van der Waals surface area contributed by atoms with Gasteiger partial charge in [-0.25, -0.2) is 0 Å². The molecule has 1 aromatic carbocycles. The number of nitrogens with zero attached hydrogens (tertiary/aromatic N) is 1. The molecule has 0 atom stereocenters. The van der Waals surface area contributed by atoms with Crippen LogP contribution in [-0.4, -0.2) is 32.1 Å². The van der Waals surface area contributed by atoms with E-state index in [-0.39, 0.29) is 5.84 Å². The molecule has 0 amide bonds. The Morgan fingerprint density at radius 1 is 1.39 bits per heavy atom. The van der Waals surface area contributed by atoms with Crippen LogP contribution >= 0.6 is 0 Å². The largest absolute Gasteiger partial charge is 0.384 e. The molecule has 0 saturated heterocycles. The van der Waals surface area contributed by atoms with E-state index in [9.17, 15) is 0 Å². The first-order valence-corrected chi connectivity index (χ1v) is 6.37. The lowest BCUT2D eigenvalue weighted by Gasteiger charge is -2.25. The Morgan fingerprint density at radius 3 is 2.67 bits per heavy atom. The zero-order valence-corrected chi connectivity index (χ0v) is 11.5. The molecule has 1 rings (SSSR count). The van der Waals surface area contributed by atoms with Crippen molar-refractivity contribution in [1.82, 2.24) is 0 Å². The normalized spacial score (nSPS) is 10.4. The molecule has 0 aliphatic rings. The van der Waals surface area contributed by atoms with Gasteiger partial charge in [0.05, 0.1) is 6.61 Å². The van der Waals surface area contributed by atoms with Crippen LogP contribution in [0.5, 0.6) is 0 Å². The molecule has 100 valence electrons. The number of rotatable bonds is 7. The Morgan fingerprint density at radius 2 is 2.11 bits per heavy atom. The molecule has 0 bridgehead atoms. The van der Waals surface area contributed by atoms with Crippen LogP contribution in [-0.2, 0) is 4.74 Å². The van der Waals surface area contributed by atoms with Crippen molar-refractivity contribution in [3.8, 4) is 0 Å². The van der Waals surface area contributed by atoms with Gasteiger partial charge in [-0.05, 0) is 38.5 Å². The van der Waals surface area contributed by atoms with Gasteiger partial charge in [-0.3, -0.25) is 5.41 Å². The van der Waals surface area contributed by atoms with Gasteiger partial charge in [-0.15, -0.1) is 0 Å². The Kier molecular flexibility index (Phi) is 5.65. The lowest BCUT2D eigenvalue weighted by molar-refractivity contribution is 0.154. The van der Waals surface area contributed by atoms with E-state index in [0.717, 1.165) is 30.9 Å². The molecule has 0 fully saturated rings. The average Bonchev–Trinajstić information content (AvgIpc) is 2.34. The summed E-state index contributed by atoms with van der Waals surface area (Å²) in [4.78, 5) is 2.19.